The highest BCUT2D eigenvalue weighted by Gasteiger charge is 2.28. The second-order valence-electron chi connectivity index (χ2n) is 8.42. The van der Waals surface area contributed by atoms with Gasteiger partial charge in [-0.15, -0.1) is 0 Å². The highest BCUT2D eigenvalue weighted by molar-refractivity contribution is 6.42. The fourth-order valence-electron chi connectivity index (χ4n) is 3.23. The summed E-state index contributed by atoms with van der Waals surface area (Å²) in [4.78, 5) is 29.9. The third kappa shape index (κ3) is 6.24. The molecule has 9 heteroatoms. The smallest absolute Gasteiger partial charge is 0.408 e. The van der Waals surface area contributed by atoms with Crippen molar-refractivity contribution in [2.45, 2.75) is 32.4 Å². The normalized spacial score (nSPS) is 12.1. The highest BCUT2D eigenvalue weighted by atomic mass is 35.5. The number of pyridine rings is 1. The van der Waals surface area contributed by atoms with Crippen LogP contribution >= 0.6 is 23.2 Å². The van der Waals surface area contributed by atoms with Gasteiger partial charge in [-0.3, -0.25) is 9.78 Å². The number of alkyl carbamates (subject to hydrolysis) is 1. The van der Waals surface area contributed by atoms with Gasteiger partial charge in [0, 0.05) is 22.9 Å². The molecule has 0 saturated carbocycles. The largest absolute Gasteiger partial charge is 0.496 e. The average molecular weight is 505 g/mol. The van der Waals surface area contributed by atoms with E-state index in [0.717, 1.165) is 6.20 Å². The van der Waals surface area contributed by atoms with Crippen molar-refractivity contribution in [2.24, 2.45) is 0 Å². The lowest BCUT2D eigenvalue weighted by atomic mass is 9.95. The fraction of sp³-hybridized carbons (Fsp3) is 0.240. The topological polar surface area (TPSA) is 77.5 Å². The van der Waals surface area contributed by atoms with Gasteiger partial charge in [-0.05, 0) is 56.7 Å². The average Bonchev–Trinajstić information content (AvgIpc) is 2.77. The number of nitrogens with one attached hydrogen (secondary N) is 1. The maximum absolute atomic E-state index is 13.7. The highest BCUT2D eigenvalue weighted by Crippen LogP contribution is 2.33. The van der Waals surface area contributed by atoms with Crippen LogP contribution in [-0.2, 0) is 4.74 Å². The van der Waals surface area contributed by atoms with Crippen LogP contribution in [0.1, 0.15) is 42.7 Å². The summed E-state index contributed by atoms with van der Waals surface area (Å²) in [6, 6.07) is 9.55. The van der Waals surface area contributed by atoms with E-state index in [1.54, 1.807) is 39.0 Å². The number of carbonyl (C=O) groups is 2. The molecule has 0 aliphatic rings. The number of carbonyl (C=O) groups excluding carboxylic acids is 2. The molecule has 1 heterocycles. The van der Waals surface area contributed by atoms with Gasteiger partial charge in [-0.1, -0.05) is 35.3 Å². The summed E-state index contributed by atoms with van der Waals surface area (Å²) in [7, 11) is 1.44. The first-order valence-electron chi connectivity index (χ1n) is 10.3. The molecule has 0 saturated heterocycles. The molecular formula is C25H23Cl2FN2O4. The number of ketones is 1. The van der Waals surface area contributed by atoms with E-state index in [4.69, 9.17) is 32.7 Å². The van der Waals surface area contributed by atoms with E-state index in [1.165, 1.54) is 37.6 Å². The minimum absolute atomic E-state index is 0.231. The Labute approximate surface area is 207 Å². The van der Waals surface area contributed by atoms with E-state index in [9.17, 15) is 14.0 Å². The van der Waals surface area contributed by atoms with Crippen LogP contribution in [0.5, 0.6) is 5.75 Å². The summed E-state index contributed by atoms with van der Waals surface area (Å²) in [6.07, 6.45) is 1.81. The summed E-state index contributed by atoms with van der Waals surface area (Å²) >= 11 is 12.2. The molecule has 3 rings (SSSR count). The maximum Gasteiger partial charge on any atom is 0.408 e. The van der Waals surface area contributed by atoms with Gasteiger partial charge in [0.15, 0.2) is 5.78 Å². The number of amides is 1. The number of rotatable bonds is 6. The molecule has 3 aromatic rings. The van der Waals surface area contributed by atoms with Crippen molar-refractivity contribution >= 4 is 35.1 Å². The van der Waals surface area contributed by atoms with Crippen LogP contribution in [0.2, 0.25) is 10.0 Å². The molecule has 0 fully saturated rings. The Hall–Kier alpha value is -3.16. The lowest BCUT2D eigenvalue weighted by Crippen LogP contribution is -2.38. The number of hydrogen-bond acceptors (Lipinski definition) is 5. The zero-order valence-corrected chi connectivity index (χ0v) is 20.5. The monoisotopic (exact) mass is 504 g/mol. The van der Waals surface area contributed by atoms with Gasteiger partial charge in [0.25, 0.3) is 0 Å². The third-order valence-corrected chi connectivity index (χ3v) is 5.44. The van der Waals surface area contributed by atoms with Crippen molar-refractivity contribution in [3.8, 4) is 16.9 Å². The second kappa shape index (κ2) is 10.4. The first kappa shape index (κ1) is 25.5. The van der Waals surface area contributed by atoms with Crippen LogP contribution in [0.25, 0.3) is 11.1 Å². The first-order chi connectivity index (χ1) is 16.0. The van der Waals surface area contributed by atoms with Crippen LogP contribution in [0, 0.1) is 5.82 Å². The first-order valence-corrected chi connectivity index (χ1v) is 11.0. The number of Topliss-reactive ketones (excluding diaryl/α,β-unsaturated/α-hetero) is 1. The standard InChI is InChI=1S/C25H23Cl2FN2O4/c1-25(2,3)34-24(32)30-22(14-6-8-19(26)20(27)10-14)23(31)15-5-7-18(21(11-15)33-4)16-9-17(28)13-29-12-16/h5-13,22H,1-4H3,(H,30,32). The summed E-state index contributed by atoms with van der Waals surface area (Å²) in [5, 5.41) is 3.15. The number of hydrogen-bond donors (Lipinski definition) is 1. The lowest BCUT2D eigenvalue weighted by molar-refractivity contribution is 0.0490. The summed E-state index contributed by atoms with van der Waals surface area (Å²) in [6.45, 7) is 5.15. The van der Waals surface area contributed by atoms with Crippen LogP contribution < -0.4 is 10.1 Å². The van der Waals surface area contributed by atoms with Crippen molar-refractivity contribution in [1.82, 2.24) is 10.3 Å². The predicted octanol–water partition coefficient (Wildman–Crippen LogP) is 6.65. The second-order valence-corrected chi connectivity index (χ2v) is 9.24. The van der Waals surface area contributed by atoms with E-state index in [0.29, 0.717) is 27.5 Å². The minimum Gasteiger partial charge on any atom is -0.496 e. The number of benzene rings is 2. The summed E-state index contributed by atoms with van der Waals surface area (Å²) in [5.41, 5.74) is 0.944. The number of halogens is 3. The summed E-state index contributed by atoms with van der Waals surface area (Å²) in [5.74, 6) is -0.601. The van der Waals surface area contributed by atoms with E-state index in [-0.39, 0.29) is 10.6 Å². The molecular weight excluding hydrogens is 482 g/mol. The van der Waals surface area contributed by atoms with Crippen LogP contribution in [0.15, 0.2) is 54.9 Å². The zero-order chi connectivity index (χ0) is 25.0. The quantitative estimate of drug-likeness (QED) is 0.380. The molecule has 1 atom stereocenters. The van der Waals surface area contributed by atoms with Gasteiger partial charge < -0.3 is 14.8 Å². The molecule has 1 aromatic heterocycles. The molecule has 178 valence electrons. The molecule has 34 heavy (non-hydrogen) atoms. The van der Waals surface area contributed by atoms with Gasteiger partial charge in [-0.2, -0.15) is 0 Å². The number of nitrogens with zero attached hydrogens (tertiary/aromatic N) is 1. The van der Waals surface area contributed by atoms with Crippen molar-refractivity contribution in [1.29, 1.82) is 0 Å². The molecule has 0 bridgehead atoms. The van der Waals surface area contributed by atoms with Gasteiger partial charge in [-0.25, -0.2) is 9.18 Å². The molecule has 2 aromatic carbocycles. The molecule has 0 radical (unpaired) electrons. The predicted molar refractivity (Wildman–Crippen MR) is 129 cm³/mol. The Morgan fingerprint density at radius 1 is 1.03 bits per heavy atom. The van der Waals surface area contributed by atoms with Gasteiger partial charge in [0.05, 0.1) is 23.4 Å². The van der Waals surface area contributed by atoms with E-state index in [1.807, 2.05) is 0 Å². The summed E-state index contributed by atoms with van der Waals surface area (Å²) < 4.78 is 24.4. The van der Waals surface area contributed by atoms with Crippen molar-refractivity contribution in [2.75, 3.05) is 7.11 Å². The fourth-order valence-corrected chi connectivity index (χ4v) is 3.53. The van der Waals surface area contributed by atoms with Gasteiger partial charge in [0.2, 0.25) is 0 Å². The van der Waals surface area contributed by atoms with Crippen molar-refractivity contribution < 1.29 is 23.5 Å². The molecule has 0 aliphatic heterocycles. The van der Waals surface area contributed by atoms with Crippen molar-refractivity contribution in [3.63, 3.8) is 0 Å². The van der Waals surface area contributed by atoms with E-state index >= 15 is 0 Å². The maximum atomic E-state index is 13.7. The van der Waals surface area contributed by atoms with Crippen LogP contribution in [0.3, 0.4) is 0 Å². The van der Waals surface area contributed by atoms with Crippen LogP contribution in [0.4, 0.5) is 9.18 Å². The molecule has 1 amide bonds. The number of ether oxygens (including phenoxy) is 2. The van der Waals surface area contributed by atoms with Gasteiger partial charge >= 0.3 is 6.09 Å². The zero-order valence-electron chi connectivity index (χ0n) is 19.0. The van der Waals surface area contributed by atoms with Gasteiger partial charge in [0.1, 0.15) is 23.2 Å². The Bertz CT molecular complexity index is 1230. The number of aromatic nitrogens is 1. The molecule has 1 unspecified atom stereocenters. The van der Waals surface area contributed by atoms with Crippen molar-refractivity contribution in [3.05, 3.63) is 81.8 Å². The Morgan fingerprint density at radius 2 is 1.76 bits per heavy atom. The van der Waals surface area contributed by atoms with Crippen LogP contribution in [-0.4, -0.2) is 29.6 Å². The Balaban J connectivity index is 2.01. The lowest BCUT2D eigenvalue weighted by Gasteiger charge is -2.24. The minimum atomic E-state index is -1.11. The SMILES string of the molecule is COc1cc(C(=O)C(NC(=O)OC(C)(C)C)c2ccc(Cl)c(Cl)c2)ccc1-c1cncc(F)c1. The van der Waals surface area contributed by atoms with E-state index < -0.39 is 29.3 Å². The Kier molecular flexibility index (Phi) is 7.79. The number of methoxy groups -OCH3 is 1. The van der Waals surface area contributed by atoms with E-state index in [2.05, 4.69) is 10.3 Å². The third-order valence-electron chi connectivity index (χ3n) is 4.70. The Morgan fingerprint density at radius 3 is 2.38 bits per heavy atom. The molecule has 1 N–H and O–H groups in total. The molecule has 0 aliphatic carbocycles. The molecule has 6 nitrogen and oxygen atoms in total. The molecule has 0 spiro atoms.